The van der Waals surface area contributed by atoms with Gasteiger partial charge < -0.3 is 0 Å². The van der Waals surface area contributed by atoms with E-state index < -0.39 is 0 Å². The van der Waals surface area contributed by atoms with E-state index in [1.54, 1.807) is 7.05 Å². The van der Waals surface area contributed by atoms with Crippen LogP contribution in [0.25, 0.3) is 0 Å². The molecule has 0 saturated heterocycles. The highest BCUT2D eigenvalue weighted by Crippen LogP contribution is 2.21. The van der Waals surface area contributed by atoms with Crippen molar-refractivity contribution in [3.63, 3.8) is 0 Å². The van der Waals surface area contributed by atoms with Gasteiger partial charge in [-0.05, 0) is 12.8 Å². The molecule has 0 heterocycles. The molecular weight excluding hydrogens is 144 g/mol. The van der Waals surface area contributed by atoms with Gasteiger partial charge in [-0.25, -0.2) is 10.1 Å². The van der Waals surface area contributed by atoms with Gasteiger partial charge in [0.05, 0.1) is 13.1 Å². The third-order valence-corrected chi connectivity index (χ3v) is 2.36. The van der Waals surface area contributed by atoms with Gasteiger partial charge in [0.1, 0.15) is 0 Å². The van der Waals surface area contributed by atoms with Gasteiger partial charge in [-0.15, -0.1) is 5.01 Å². The van der Waals surface area contributed by atoms with Crippen LogP contribution in [0.1, 0.15) is 32.1 Å². The molecule has 1 rings (SSSR count). The molecule has 0 spiro atoms. The Morgan fingerprint density at radius 3 is 2.36 bits per heavy atom. The van der Waals surface area contributed by atoms with Crippen LogP contribution in [0.15, 0.2) is 0 Å². The first-order valence-corrected chi connectivity index (χ1v) is 4.09. The lowest BCUT2D eigenvalue weighted by atomic mass is 9.95. The lowest BCUT2D eigenvalue weighted by molar-refractivity contribution is -0.658. The lowest BCUT2D eigenvalue weighted by Gasteiger charge is -2.24. The molecule has 11 heavy (non-hydrogen) atoms. The number of hydrazine groups is 1. The SMILES string of the molecule is CN(C1CCCCC1)[N+](=O)[O-]. The van der Waals surface area contributed by atoms with Crippen LogP contribution < -0.4 is 0 Å². The number of nitro groups is 1. The molecule has 4 nitrogen and oxygen atoms in total. The van der Waals surface area contributed by atoms with Crippen LogP contribution in [0.3, 0.4) is 0 Å². The van der Waals surface area contributed by atoms with Gasteiger partial charge >= 0.3 is 0 Å². The topological polar surface area (TPSA) is 46.4 Å². The second-order valence-corrected chi connectivity index (χ2v) is 3.10. The zero-order valence-corrected chi connectivity index (χ0v) is 6.82. The molecule has 1 aliphatic rings. The fraction of sp³-hybridized carbons (Fsp3) is 1.00. The Kier molecular flexibility index (Phi) is 2.68. The van der Waals surface area contributed by atoms with Crippen molar-refractivity contribution in [3.8, 4) is 0 Å². The molecule has 0 unspecified atom stereocenters. The number of hydrogen-bond donors (Lipinski definition) is 0. The van der Waals surface area contributed by atoms with Gasteiger partial charge in [-0.3, -0.25) is 0 Å². The third-order valence-electron chi connectivity index (χ3n) is 2.36. The van der Waals surface area contributed by atoms with Crippen molar-refractivity contribution < 1.29 is 5.03 Å². The van der Waals surface area contributed by atoms with Crippen LogP contribution in [0.5, 0.6) is 0 Å². The van der Waals surface area contributed by atoms with Gasteiger partial charge in [0.15, 0.2) is 5.03 Å². The van der Waals surface area contributed by atoms with Crippen LogP contribution >= 0.6 is 0 Å². The van der Waals surface area contributed by atoms with Gasteiger partial charge in [0.25, 0.3) is 0 Å². The summed E-state index contributed by atoms with van der Waals surface area (Å²) in [6, 6.07) is 0.179. The predicted molar refractivity (Wildman–Crippen MR) is 41.6 cm³/mol. The van der Waals surface area contributed by atoms with E-state index in [1.807, 2.05) is 0 Å². The zero-order valence-electron chi connectivity index (χ0n) is 6.82. The summed E-state index contributed by atoms with van der Waals surface area (Å²) in [7, 11) is 1.57. The van der Waals surface area contributed by atoms with Crippen LogP contribution in [0.4, 0.5) is 0 Å². The van der Waals surface area contributed by atoms with E-state index in [-0.39, 0.29) is 11.1 Å². The molecule has 0 aromatic rings. The summed E-state index contributed by atoms with van der Waals surface area (Å²) in [6.07, 6.45) is 5.49. The van der Waals surface area contributed by atoms with Gasteiger partial charge in [0, 0.05) is 0 Å². The summed E-state index contributed by atoms with van der Waals surface area (Å²) in [6.45, 7) is 0. The van der Waals surface area contributed by atoms with Gasteiger partial charge in [-0.2, -0.15) is 0 Å². The van der Waals surface area contributed by atoms with Crippen LogP contribution in [0.2, 0.25) is 0 Å². The second-order valence-electron chi connectivity index (χ2n) is 3.10. The van der Waals surface area contributed by atoms with Crippen molar-refractivity contribution in [1.82, 2.24) is 5.01 Å². The molecule has 0 N–H and O–H groups in total. The minimum atomic E-state index is -0.310. The molecule has 0 radical (unpaired) electrons. The molecule has 0 bridgehead atoms. The smallest absolute Gasteiger partial charge is 0.160 e. The Hall–Kier alpha value is -0.800. The van der Waals surface area contributed by atoms with Crippen molar-refractivity contribution in [1.29, 1.82) is 0 Å². The highest BCUT2D eigenvalue weighted by atomic mass is 16.7. The minimum Gasteiger partial charge on any atom is -0.235 e. The van der Waals surface area contributed by atoms with Crippen molar-refractivity contribution in [2.75, 3.05) is 7.05 Å². The lowest BCUT2D eigenvalue weighted by Crippen LogP contribution is -2.37. The summed E-state index contributed by atoms with van der Waals surface area (Å²) >= 11 is 0. The average Bonchev–Trinajstić information content (AvgIpc) is 2.05. The number of rotatable bonds is 2. The monoisotopic (exact) mass is 158 g/mol. The van der Waals surface area contributed by atoms with Crippen molar-refractivity contribution in [3.05, 3.63) is 10.1 Å². The first kappa shape index (κ1) is 8.30. The van der Waals surface area contributed by atoms with Crippen molar-refractivity contribution >= 4 is 0 Å². The molecule has 0 atom stereocenters. The highest BCUT2D eigenvalue weighted by molar-refractivity contribution is 4.68. The number of nitrogens with zero attached hydrogens (tertiary/aromatic N) is 2. The summed E-state index contributed by atoms with van der Waals surface area (Å²) < 4.78 is 0. The van der Waals surface area contributed by atoms with E-state index in [0.717, 1.165) is 25.7 Å². The fourth-order valence-corrected chi connectivity index (χ4v) is 1.59. The van der Waals surface area contributed by atoms with E-state index in [1.165, 1.54) is 11.4 Å². The molecule has 0 aromatic heterocycles. The molecule has 4 heteroatoms. The summed E-state index contributed by atoms with van der Waals surface area (Å²) in [4.78, 5) is 10.3. The van der Waals surface area contributed by atoms with E-state index in [4.69, 9.17) is 0 Å². The van der Waals surface area contributed by atoms with Crippen molar-refractivity contribution in [2.24, 2.45) is 0 Å². The van der Waals surface area contributed by atoms with Gasteiger partial charge in [-0.1, -0.05) is 19.3 Å². The standard InChI is InChI=1S/C7H14N2O2/c1-8(9(10)11)7-5-3-2-4-6-7/h7H,2-6H2,1H3. The number of hydrogen-bond acceptors (Lipinski definition) is 2. The fourth-order valence-electron chi connectivity index (χ4n) is 1.59. The maximum absolute atomic E-state index is 10.3. The average molecular weight is 158 g/mol. The Bertz CT molecular complexity index is 143. The molecule has 0 amide bonds. The highest BCUT2D eigenvalue weighted by Gasteiger charge is 2.23. The predicted octanol–water partition coefficient (Wildman–Crippen LogP) is 1.44. The Morgan fingerprint density at radius 1 is 1.36 bits per heavy atom. The zero-order chi connectivity index (χ0) is 8.27. The van der Waals surface area contributed by atoms with Crippen LogP contribution in [0, 0.1) is 10.1 Å². The van der Waals surface area contributed by atoms with E-state index in [2.05, 4.69) is 0 Å². The summed E-state index contributed by atoms with van der Waals surface area (Å²) in [5, 5.41) is 11.3. The second kappa shape index (κ2) is 3.55. The molecule has 1 saturated carbocycles. The largest absolute Gasteiger partial charge is 0.235 e. The van der Waals surface area contributed by atoms with E-state index >= 15 is 0 Å². The summed E-state index contributed by atoms with van der Waals surface area (Å²) in [5.41, 5.74) is 0. The Labute approximate surface area is 66.3 Å². The summed E-state index contributed by atoms with van der Waals surface area (Å²) in [5.74, 6) is 0. The first-order valence-electron chi connectivity index (χ1n) is 4.09. The maximum Gasteiger partial charge on any atom is 0.160 e. The first-order chi connectivity index (χ1) is 5.22. The Morgan fingerprint density at radius 2 is 1.91 bits per heavy atom. The molecule has 64 valence electrons. The maximum atomic E-state index is 10.3. The van der Waals surface area contributed by atoms with Gasteiger partial charge in [0.2, 0.25) is 0 Å². The molecular formula is C7H14N2O2. The van der Waals surface area contributed by atoms with Crippen LogP contribution in [-0.4, -0.2) is 23.1 Å². The Balaban J connectivity index is 2.38. The van der Waals surface area contributed by atoms with E-state index in [0.29, 0.717) is 0 Å². The molecule has 1 aliphatic carbocycles. The minimum absolute atomic E-state index is 0.179. The molecule has 0 aromatic carbocycles. The normalized spacial score (nSPS) is 19.7. The molecule has 1 fully saturated rings. The van der Waals surface area contributed by atoms with Crippen LogP contribution in [-0.2, 0) is 0 Å². The quantitative estimate of drug-likeness (QED) is 0.451. The third kappa shape index (κ3) is 2.06. The molecule has 0 aliphatic heterocycles. The van der Waals surface area contributed by atoms with E-state index in [9.17, 15) is 10.1 Å². The van der Waals surface area contributed by atoms with Crippen molar-refractivity contribution in [2.45, 2.75) is 38.1 Å².